The second-order valence-corrected chi connectivity index (χ2v) is 7.70. The highest BCUT2D eigenvalue weighted by molar-refractivity contribution is 6.32. The lowest BCUT2D eigenvalue weighted by Crippen LogP contribution is -2.14. The number of amides is 1. The van der Waals surface area contributed by atoms with Gasteiger partial charge in [0.2, 0.25) is 0 Å². The van der Waals surface area contributed by atoms with E-state index < -0.39 is 5.91 Å². The van der Waals surface area contributed by atoms with Crippen LogP contribution in [0.4, 0.5) is 5.69 Å². The van der Waals surface area contributed by atoms with Gasteiger partial charge in [-0.2, -0.15) is 5.26 Å². The Balaban J connectivity index is 1.91. The number of nitrogens with zero attached hydrogens (tertiary/aromatic N) is 1. The SMILES string of the molecule is COc1cc(/C=C(\C#N)C(=O)Nc2ccccc2C)cc(Cl)c1Cc1ccccc1Cl. The minimum Gasteiger partial charge on any atom is -0.496 e. The first kappa shape index (κ1) is 22.4. The fourth-order valence-electron chi connectivity index (χ4n) is 3.12. The molecule has 6 heteroatoms. The predicted octanol–water partition coefficient (Wildman–Crippen LogP) is 6.45. The lowest BCUT2D eigenvalue weighted by atomic mass is 10.0. The van der Waals surface area contributed by atoms with Crippen molar-refractivity contribution in [2.75, 3.05) is 12.4 Å². The van der Waals surface area contributed by atoms with Crippen LogP contribution in [0.2, 0.25) is 10.0 Å². The number of hydrogen-bond donors (Lipinski definition) is 1. The maximum absolute atomic E-state index is 12.6. The number of anilines is 1. The summed E-state index contributed by atoms with van der Waals surface area (Å²) < 4.78 is 5.53. The molecule has 0 aliphatic heterocycles. The van der Waals surface area contributed by atoms with E-state index in [1.807, 2.05) is 55.5 Å². The molecular formula is C25H20Cl2N2O2. The molecule has 0 aromatic heterocycles. The van der Waals surface area contributed by atoms with E-state index in [-0.39, 0.29) is 5.57 Å². The Labute approximate surface area is 191 Å². The number of halogens is 2. The number of nitrogens with one attached hydrogen (secondary N) is 1. The van der Waals surface area contributed by atoms with E-state index in [2.05, 4.69) is 5.32 Å². The number of ether oxygens (including phenoxy) is 1. The van der Waals surface area contributed by atoms with Gasteiger partial charge >= 0.3 is 0 Å². The van der Waals surface area contributed by atoms with Gasteiger partial charge < -0.3 is 10.1 Å². The molecule has 0 atom stereocenters. The first-order valence-electron chi connectivity index (χ1n) is 9.51. The van der Waals surface area contributed by atoms with Crippen LogP contribution in [0.3, 0.4) is 0 Å². The van der Waals surface area contributed by atoms with E-state index in [9.17, 15) is 10.1 Å². The Morgan fingerprint density at radius 3 is 2.48 bits per heavy atom. The van der Waals surface area contributed by atoms with Gasteiger partial charge in [0.15, 0.2) is 0 Å². The molecule has 4 nitrogen and oxygen atoms in total. The van der Waals surface area contributed by atoms with Crippen LogP contribution in [-0.2, 0) is 11.2 Å². The summed E-state index contributed by atoms with van der Waals surface area (Å²) in [5, 5.41) is 13.4. The number of benzene rings is 3. The van der Waals surface area contributed by atoms with Crippen LogP contribution in [0.1, 0.15) is 22.3 Å². The predicted molar refractivity (Wildman–Crippen MR) is 126 cm³/mol. The van der Waals surface area contributed by atoms with E-state index >= 15 is 0 Å². The Hall–Kier alpha value is -3.26. The normalized spacial score (nSPS) is 11.0. The number of rotatable bonds is 6. The number of methoxy groups -OCH3 is 1. The average molecular weight is 451 g/mol. The van der Waals surface area contributed by atoms with Crippen LogP contribution >= 0.6 is 23.2 Å². The molecule has 3 aromatic rings. The molecule has 0 radical (unpaired) electrons. The second kappa shape index (κ2) is 10.2. The Kier molecular flexibility index (Phi) is 7.36. The summed E-state index contributed by atoms with van der Waals surface area (Å²) in [7, 11) is 1.55. The second-order valence-electron chi connectivity index (χ2n) is 6.89. The van der Waals surface area contributed by atoms with Gasteiger partial charge in [-0.15, -0.1) is 0 Å². The van der Waals surface area contributed by atoms with Crippen molar-refractivity contribution in [3.63, 3.8) is 0 Å². The third-order valence-corrected chi connectivity index (χ3v) is 5.50. The van der Waals surface area contributed by atoms with Crippen molar-refractivity contribution in [3.05, 3.63) is 98.5 Å². The fourth-order valence-corrected chi connectivity index (χ4v) is 3.61. The largest absolute Gasteiger partial charge is 0.496 e. The summed E-state index contributed by atoms with van der Waals surface area (Å²) in [6.45, 7) is 1.88. The van der Waals surface area contributed by atoms with Gasteiger partial charge in [-0.05, 0) is 54.0 Å². The molecule has 3 aromatic carbocycles. The van der Waals surface area contributed by atoms with Crippen molar-refractivity contribution in [3.8, 4) is 11.8 Å². The Morgan fingerprint density at radius 1 is 1.10 bits per heavy atom. The van der Waals surface area contributed by atoms with Crippen LogP contribution in [-0.4, -0.2) is 13.0 Å². The van der Waals surface area contributed by atoms with E-state index in [1.54, 1.807) is 25.3 Å². The minimum absolute atomic E-state index is 0.0415. The molecule has 0 saturated heterocycles. The zero-order valence-corrected chi connectivity index (χ0v) is 18.6. The molecule has 156 valence electrons. The van der Waals surface area contributed by atoms with Crippen molar-refractivity contribution >= 4 is 40.9 Å². The van der Waals surface area contributed by atoms with Crippen LogP contribution < -0.4 is 10.1 Å². The highest BCUT2D eigenvalue weighted by Gasteiger charge is 2.15. The van der Waals surface area contributed by atoms with Gasteiger partial charge in [0.05, 0.1) is 7.11 Å². The summed E-state index contributed by atoms with van der Waals surface area (Å²) in [5.41, 5.74) is 3.79. The maximum Gasteiger partial charge on any atom is 0.266 e. The molecule has 0 heterocycles. The highest BCUT2D eigenvalue weighted by Crippen LogP contribution is 2.33. The number of carbonyl (C=O) groups excluding carboxylic acids is 1. The molecule has 0 spiro atoms. The molecule has 1 amide bonds. The van der Waals surface area contributed by atoms with Gasteiger partial charge in [0.25, 0.3) is 5.91 Å². The van der Waals surface area contributed by atoms with Gasteiger partial charge in [-0.3, -0.25) is 4.79 Å². The third-order valence-electron chi connectivity index (χ3n) is 4.79. The van der Waals surface area contributed by atoms with E-state index in [4.69, 9.17) is 27.9 Å². The van der Waals surface area contributed by atoms with Gasteiger partial charge in [0.1, 0.15) is 17.4 Å². The smallest absolute Gasteiger partial charge is 0.266 e. The first-order chi connectivity index (χ1) is 14.9. The van der Waals surface area contributed by atoms with Gasteiger partial charge in [0, 0.05) is 27.7 Å². The number of aryl methyl sites for hydroxylation is 1. The first-order valence-corrected chi connectivity index (χ1v) is 10.3. The van der Waals surface area contributed by atoms with Crippen LogP contribution in [0.5, 0.6) is 5.75 Å². The molecule has 31 heavy (non-hydrogen) atoms. The molecule has 0 aliphatic carbocycles. The Bertz CT molecular complexity index is 1200. The summed E-state index contributed by atoms with van der Waals surface area (Å²) in [4.78, 5) is 12.6. The number of hydrogen-bond acceptors (Lipinski definition) is 3. The molecular weight excluding hydrogens is 431 g/mol. The summed E-state index contributed by atoms with van der Waals surface area (Å²) in [6.07, 6.45) is 1.98. The number of nitriles is 1. The lowest BCUT2D eigenvalue weighted by Gasteiger charge is -2.13. The maximum atomic E-state index is 12.6. The molecule has 0 aliphatic rings. The third kappa shape index (κ3) is 5.46. The molecule has 0 fully saturated rings. The molecule has 3 rings (SSSR count). The van der Waals surface area contributed by atoms with Crippen molar-refractivity contribution in [1.29, 1.82) is 5.26 Å². The monoisotopic (exact) mass is 450 g/mol. The molecule has 1 N–H and O–H groups in total. The van der Waals surface area contributed by atoms with Crippen molar-refractivity contribution in [1.82, 2.24) is 0 Å². The summed E-state index contributed by atoms with van der Waals surface area (Å²) in [5.74, 6) is 0.0577. The molecule has 0 bridgehead atoms. The van der Waals surface area contributed by atoms with Crippen LogP contribution in [0.15, 0.2) is 66.2 Å². The lowest BCUT2D eigenvalue weighted by molar-refractivity contribution is -0.112. The van der Waals surface area contributed by atoms with E-state index in [0.717, 1.165) is 16.7 Å². The highest BCUT2D eigenvalue weighted by atomic mass is 35.5. The van der Waals surface area contributed by atoms with Crippen molar-refractivity contribution in [2.45, 2.75) is 13.3 Å². The standard InChI is InChI=1S/C25H20Cl2N2O2/c1-16-7-3-6-10-23(16)29-25(30)19(15-28)11-17-12-22(27)20(24(13-17)31-2)14-18-8-4-5-9-21(18)26/h3-13H,14H2,1-2H3,(H,29,30)/b19-11+. The summed E-state index contributed by atoms with van der Waals surface area (Å²) in [6, 6.07) is 20.3. The van der Waals surface area contributed by atoms with Crippen molar-refractivity contribution in [2.24, 2.45) is 0 Å². The zero-order valence-electron chi connectivity index (χ0n) is 17.1. The minimum atomic E-state index is -0.493. The fraction of sp³-hybridized carbons (Fsp3) is 0.120. The number of para-hydroxylation sites is 1. The van der Waals surface area contributed by atoms with Crippen molar-refractivity contribution < 1.29 is 9.53 Å². The average Bonchev–Trinajstić information content (AvgIpc) is 2.76. The van der Waals surface area contributed by atoms with E-state index in [1.165, 1.54) is 6.08 Å². The quantitative estimate of drug-likeness (QED) is 0.346. The van der Waals surface area contributed by atoms with Crippen LogP contribution in [0.25, 0.3) is 6.08 Å². The number of carbonyl (C=O) groups is 1. The van der Waals surface area contributed by atoms with E-state index in [0.29, 0.717) is 33.5 Å². The topological polar surface area (TPSA) is 62.1 Å². The molecule has 0 saturated carbocycles. The zero-order chi connectivity index (χ0) is 22.4. The summed E-state index contributed by atoms with van der Waals surface area (Å²) >= 11 is 12.8. The Morgan fingerprint density at radius 2 is 1.81 bits per heavy atom. The van der Waals surface area contributed by atoms with Gasteiger partial charge in [-0.1, -0.05) is 59.6 Å². The van der Waals surface area contributed by atoms with Crippen LogP contribution in [0, 0.1) is 18.3 Å². The molecule has 0 unspecified atom stereocenters. The van der Waals surface area contributed by atoms with Gasteiger partial charge in [-0.25, -0.2) is 0 Å².